The van der Waals surface area contributed by atoms with Gasteiger partial charge in [-0.3, -0.25) is 14.6 Å². The Bertz CT molecular complexity index is 1490. The normalized spacial score (nSPS) is 12.1. The number of alkyl halides is 4. The predicted octanol–water partition coefficient (Wildman–Crippen LogP) is 3.71. The van der Waals surface area contributed by atoms with E-state index in [2.05, 4.69) is 35.5 Å². The highest BCUT2D eigenvalue weighted by Gasteiger charge is 2.31. The van der Waals surface area contributed by atoms with Crippen LogP contribution in [0, 0.1) is 0 Å². The van der Waals surface area contributed by atoms with Gasteiger partial charge in [0.1, 0.15) is 17.7 Å². The third kappa shape index (κ3) is 8.88. The first-order chi connectivity index (χ1) is 19.6. The molecule has 41 heavy (non-hydrogen) atoms. The molecule has 0 aliphatic heterocycles. The van der Waals surface area contributed by atoms with Gasteiger partial charge in [0.05, 0.1) is 30.6 Å². The molecule has 3 heterocycles. The molecule has 4 rings (SSSR count). The molecular weight excluding hydrogens is 546 g/mol. The van der Waals surface area contributed by atoms with E-state index < -0.39 is 18.4 Å². The minimum atomic E-state index is -4.80. The number of halogens is 4. The van der Waals surface area contributed by atoms with E-state index in [4.69, 9.17) is 0 Å². The Morgan fingerprint density at radius 2 is 1.71 bits per heavy atom. The van der Waals surface area contributed by atoms with Crippen molar-refractivity contribution in [2.24, 2.45) is 0 Å². The maximum atomic E-state index is 14.4. The summed E-state index contributed by atoms with van der Waals surface area (Å²) in [5.41, 5.74) is 2.61. The number of benzene rings is 1. The van der Waals surface area contributed by atoms with Crippen molar-refractivity contribution >= 4 is 11.7 Å². The van der Waals surface area contributed by atoms with Crippen LogP contribution in [-0.2, 0) is 30.6 Å². The monoisotopic (exact) mass is 571 g/mol. The predicted molar refractivity (Wildman–Crippen MR) is 137 cm³/mol. The van der Waals surface area contributed by atoms with E-state index in [0.29, 0.717) is 34.6 Å². The van der Waals surface area contributed by atoms with Gasteiger partial charge in [-0.05, 0) is 60.4 Å². The van der Waals surface area contributed by atoms with Crippen LogP contribution in [0.15, 0.2) is 60.9 Å². The van der Waals surface area contributed by atoms with Crippen molar-refractivity contribution in [3.63, 3.8) is 0 Å². The van der Waals surface area contributed by atoms with Crippen LogP contribution < -0.4 is 10.1 Å². The molecule has 0 saturated carbocycles. The highest BCUT2D eigenvalue weighted by molar-refractivity contribution is 5.91. The number of ketones is 1. The van der Waals surface area contributed by atoms with Crippen LogP contribution in [0.3, 0.4) is 0 Å². The highest BCUT2D eigenvalue weighted by atomic mass is 19.4. The average Bonchev–Trinajstić information content (AvgIpc) is 3.40. The zero-order valence-corrected chi connectivity index (χ0v) is 21.8. The second kappa shape index (κ2) is 13.1. The van der Waals surface area contributed by atoms with Crippen molar-refractivity contribution in [1.29, 1.82) is 0 Å². The van der Waals surface area contributed by atoms with Gasteiger partial charge < -0.3 is 10.1 Å². The lowest BCUT2D eigenvalue weighted by atomic mass is 10.0. The zero-order valence-electron chi connectivity index (χ0n) is 21.8. The first-order valence-corrected chi connectivity index (χ1v) is 12.5. The lowest BCUT2D eigenvalue weighted by Gasteiger charge is -2.10. The van der Waals surface area contributed by atoms with Gasteiger partial charge in [-0.15, -0.1) is 18.3 Å². The van der Waals surface area contributed by atoms with Gasteiger partial charge >= 0.3 is 6.36 Å². The summed E-state index contributed by atoms with van der Waals surface area (Å²) < 4.78 is 57.3. The fourth-order valence-electron chi connectivity index (χ4n) is 3.93. The van der Waals surface area contributed by atoms with Crippen molar-refractivity contribution in [2.45, 2.75) is 44.8 Å². The zero-order chi connectivity index (χ0) is 29.4. The second-order valence-electron chi connectivity index (χ2n) is 9.06. The molecule has 0 saturated heterocycles. The molecule has 14 heteroatoms. The molecule has 4 aromatic rings. The molecule has 1 atom stereocenters. The van der Waals surface area contributed by atoms with Gasteiger partial charge in [0, 0.05) is 25.4 Å². The Balaban J connectivity index is 1.27. The number of pyridine rings is 1. The minimum absolute atomic E-state index is 0.000197. The molecule has 1 amide bonds. The Morgan fingerprint density at radius 1 is 0.976 bits per heavy atom. The topological polar surface area (TPSA) is 125 Å². The van der Waals surface area contributed by atoms with Gasteiger partial charge in [-0.25, -0.2) is 9.07 Å². The number of hydrogen-bond donors (Lipinski definition) is 1. The number of aromatic nitrogens is 6. The highest BCUT2D eigenvalue weighted by Crippen LogP contribution is 2.28. The van der Waals surface area contributed by atoms with Crippen LogP contribution in [0.1, 0.15) is 34.0 Å². The van der Waals surface area contributed by atoms with Gasteiger partial charge in [0.2, 0.25) is 0 Å². The van der Waals surface area contributed by atoms with Crippen molar-refractivity contribution < 1.29 is 31.9 Å². The number of nitrogens with zero attached hydrogens (tertiary/aromatic N) is 6. The van der Waals surface area contributed by atoms with Crippen LogP contribution in [0.5, 0.6) is 5.75 Å². The standard InChI is InChI=1S/C27H25F4N7O3/c1-32-26(40)25-16-38(37-36-25)15-19(28)5-6-20-7-8-21(35-34-20)13-23(39)14-22-11-18(9-10-33-22)17-3-2-4-24(12-17)41-27(29,30)31/h2-4,7-12,16,19H,5-6,13-15H2,1H3,(H,32,40)/t19-/m0/s1. The van der Waals surface area contributed by atoms with E-state index in [0.717, 1.165) is 0 Å². The van der Waals surface area contributed by atoms with E-state index in [1.54, 1.807) is 30.3 Å². The Kier molecular flexibility index (Phi) is 9.32. The summed E-state index contributed by atoms with van der Waals surface area (Å²) in [6.07, 6.45) is -2.76. The van der Waals surface area contributed by atoms with E-state index in [9.17, 15) is 27.2 Å². The molecule has 0 fully saturated rings. The van der Waals surface area contributed by atoms with Crippen LogP contribution in [-0.4, -0.2) is 61.4 Å². The van der Waals surface area contributed by atoms with Crippen LogP contribution >= 0.6 is 0 Å². The van der Waals surface area contributed by atoms with Crippen molar-refractivity contribution in [1.82, 2.24) is 35.5 Å². The molecule has 1 aromatic carbocycles. The average molecular weight is 572 g/mol. The molecule has 0 bridgehead atoms. The molecule has 214 valence electrons. The van der Waals surface area contributed by atoms with Gasteiger partial charge in [-0.1, -0.05) is 17.3 Å². The summed E-state index contributed by atoms with van der Waals surface area (Å²) >= 11 is 0. The summed E-state index contributed by atoms with van der Waals surface area (Å²) in [4.78, 5) is 28.4. The maximum Gasteiger partial charge on any atom is 0.573 e. The Hall–Kier alpha value is -4.75. The largest absolute Gasteiger partial charge is 0.573 e. The SMILES string of the molecule is CNC(=O)c1cn(C[C@@H](F)CCc2ccc(CC(=O)Cc3cc(-c4cccc(OC(F)(F)F)c4)ccn3)nn2)nn1. The van der Waals surface area contributed by atoms with E-state index in [1.807, 2.05) is 0 Å². The lowest BCUT2D eigenvalue weighted by Crippen LogP contribution is -2.18. The van der Waals surface area contributed by atoms with E-state index >= 15 is 0 Å². The Labute approximate surface area is 231 Å². The number of rotatable bonds is 12. The first kappa shape index (κ1) is 29.2. The third-order valence-electron chi connectivity index (χ3n) is 5.85. The number of amides is 1. The van der Waals surface area contributed by atoms with E-state index in [1.165, 1.54) is 42.3 Å². The summed E-state index contributed by atoms with van der Waals surface area (Å²) in [6, 6.07) is 12.1. The Morgan fingerprint density at radius 3 is 2.44 bits per heavy atom. The van der Waals surface area contributed by atoms with Crippen LogP contribution in [0.25, 0.3) is 11.1 Å². The second-order valence-corrected chi connectivity index (χ2v) is 9.06. The molecule has 0 radical (unpaired) electrons. The molecule has 0 aliphatic rings. The molecule has 0 spiro atoms. The molecule has 0 unspecified atom stereocenters. The van der Waals surface area contributed by atoms with Gasteiger partial charge in [-0.2, -0.15) is 10.2 Å². The molecule has 3 aromatic heterocycles. The summed E-state index contributed by atoms with van der Waals surface area (Å²) in [5.74, 6) is -0.937. The molecule has 10 nitrogen and oxygen atoms in total. The summed E-state index contributed by atoms with van der Waals surface area (Å²) in [7, 11) is 1.46. The lowest BCUT2D eigenvalue weighted by molar-refractivity contribution is -0.274. The molecule has 1 N–H and O–H groups in total. The fourth-order valence-corrected chi connectivity index (χ4v) is 3.93. The number of nitrogens with one attached hydrogen (secondary N) is 1. The number of hydrogen-bond acceptors (Lipinski definition) is 8. The third-order valence-corrected chi connectivity index (χ3v) is 5.85. The summed E-state index contributed by atoms with van der Waals surface area (Å²) in [6.45, 7) is -0.0635. The van der Waals surface area contributed by atoms with Crippen LogP contribution in [0.2, 0.25) is 0 Å². The van der Waals surface area contributed by atoms with Crippen molar-refractivity contribution in [3.05, 3.63) is 83.7 Å². The number of carbonyl (C=O) groups is 2. The minimum Gasteiger partial charge on any atom is -0.406 e. The maximum absolute atomic E-state index is 14.4. The molecular formula is C27H25F4N7O3. The van der Waals surface area contributed by atoms with Crippen molar-refractivity contribution in [3.8, 4) is 16.9 Å². The van der Waals surface area contributed by atoms with Crippen LogP contribution in [0.4, 0.5) is 17.6 Å². The van der Waals surface area contributed by atoms with Crippen molar-refractivity contribution in [2.75, 3.05) is 7.05 Å². The number of ether oxygens (including phenoxy) is 1. The number of carbonyl (C=O) groups excluding carboxylic acids is 2. The number of aryl methyl sites for hydroxylation is 1. The molecule has 0 aliphatic carbocycles. The summed E-state index contributed by atoms with van der Waals surface area (Å²) in [5, 5.41) is 18.0. The van der Waals surface area contributed by atoms with Gasteiger partial charge in [0.25, 0.3) is 5.91 Å². The number of Topliss-reactive ketones (excluding diaryl/α,β-unsaturated/α-hetero) is 1. The van der Waals surface area contributed by atoms with E-state index in [-0.39, 0.29) is 43.0 Å². The first-order valence-electron chi connectivity index (χ1n) is 12.5. The quantitative estimate of drug-likeness (QED) is 0.255. The van der Waals surface area contributed by atoms with Gasteiger partial charge in [0.15, 0.2) is 5.69 Å². The fraction of sp³-hybridized carbons (Fsp3) is 0.296. The smallest absolute Gasteiger partial charge is 0.406 e.